The number of anilines is 2. The molecular weight excluding hydrogens is 565 g/mol. The van der Waals surface area contributed by atoms with Gasteiger partial charge in [0.15, 0.2) is 0 Å². The molecule has 0 bridgehead atoms. The number of hydrogen-bond donors (Lipinski definition) is 2. The Labute approximate surface area is 243 Å². The van der Waals surface area contributed by atoms with E-state index < -0.39 is 11.7 Å². The first-order valence-electron chi connectivity index (χ1n) is 13.1. The molecule has 8 nitrogen and oxygen atoms in total. The fraction of sp³-hybridized carbons (Fsp3) is 0.414. The number of hydrogen-bond acceptors (Lipinski definition) is 8. The minimum Gasteiger partial charge on any atom is -0.458 e. The maximum atomic E-state index is 13.1. The summed E-state index contributed by atoms with van der Waals surface area (Å²) in [4.78, 5) is 10.2. The number of nitrogens with one attached hydrogen (secondary N) is 1. The van der Waals surface area contributed by atoms with Crippen molar-refractivity contribution in [3.8, 4) is 5.75 Å². The predicted octanol–water partition coefficient (Wildman–Crippen LogP) is 6.27. The lowest BCUT2D eigenvalue weighted by molar-refractivity contribution is -0.137. The molecule has 0 spiro atoms. The third-order valence-corrected chi connectivity index (χ3v) is 5.57. The first kappa shape index (κ1) is 34.1. The van der Waals surface area contributed by atoms with Crippen molar-refractivity contribution in [2.75, 3.05) is 58.2 Å². The number of ether oxygens (including phenoxy) is 5. The highest BCUT2D eigenvalue weighted by Crippen LogP contribution is 2.36. The third-order valence-electron chi connectivity index (χ3n) is 5.25. The van der Waals surface area contributed by atoms with Crippen molar-refractivity contribution in [1.82, 2.24) is 0 Å². The highest BCUT2D eigenvalue weighted by molar-refractivity contribution is 6.31. The predicted molar refractivity (Wildman–Crippen MR) is 151 cm³/mol. The second-order valence-electron chi connectivity index (χ2n) is 8.46. The number of unbranched alkanes of at least 4 members (excludes halogenated alkanes) is 1. The van der Waals surface area contributed by atoms with Crippen molar-refractivity contribution >= 4 is 29.3 Å². The standard InChI is InChI=1S/C29H36ClF3N2O6/c30-28-10-7-24(22-27(28)29(31,32)33)35-23-5-8-26(9-6-23)41-25(11-12-34)4-1-2-14-37-16-18-39-20-21-40-19-17-38-15-3-13-36/h4-13,22,35H,1-3,14-21,34H2/b12-11-,25-4+. The van der Waals surface area contributed by atoms with Crippen LogP contribution in [-0.4, -0.2) is 59.1 Å². The van der Waals surface area contributed by atoms with Crippen molar-refractivity contribution in [3.63, 3.8) is 0 Å². The Morgan fingerprint density at radius 3 is 2.00 bits per heavy atom. The monoisotopic (exact) mass is 600 g/mol. The quantitative estimate of drug-likeness (QED) is 0.0748. The maximum Gasteiger partial charge on any atom is 0.417 e. The van der Waals surface area contributed by atoms with Crippen LogP contribution in [0.5, 0.6) is 5.75 Å². The average molecular weight is 601 g/mol. The summed E-state index contributed by atoms with van der Waals surface area (Å²) in [6.45, 7) is 3.73. The molecule has 41 heavy (non-hydrogen) atoms. The van der Waals surface area contributed by atoms with E-state index in [4.69, 9.17) is 41.0 Å². The maximum absolute atomic E-state index is 13.1. The van der Waals surface area contributed by atoms with Gasteiger partial charge in [0.1, 0.15) is 17.8 Å². The number of rotatable bonds is 21. The molecule has 2 aromatic carbocycles. The van der Waals surface area contributed by atoms with Crippen molar-refractivity contribution in [3.05, 3.63) is 77.2 Å². The van der Waals surface area contributed by atoms with Gasteiger partial charge in [-0.25, -0.2) is 0 Å². The molecule has 0 saturated heterocycles. The van der Waals surface area contributed by atoms with Crippen LogP contribution in [0.25, 0.3) is 0 Å². The fourth-order valence-electron chi connectivity index (χ4n) is 3.29. The zero-order chi connectivity index (χ0) is 29.8. The summed E-state index contributed by atoms with van der Waals surface area (Å²) >= 11 is 5.68. The van der Waals surface area contributed by atoms with E-state index in [1.54, 1.807) is 30.3 Å². The summed E-state index contributed by atoms with van der Waals surface area (Å²) in [6, 6.07) is 10.4. The van der Waals surface area contributed by atoms with Crippen molar-refractivity contribution in [2.24, 2.45) is 5.73 Å². The van der Waals surface area contributed by atoms with Gasteiger partial charge in [0, 0.05) is 24.4 Å². The minimum atomic E-state index is -4.54. The van der Waals surface area contributed by atoms with Gasteiger partial charge >= 0.3 is 6.18 Å². The molecule has 0 saturated carbocycles. The zero-order valence-electron chi connectivity index (χ0n) is 22.7. The lowest BCUT2D eigenvalue weighted by Gasteiger charge is -2.13. The summed E-state index contributed by atoms with van der Waals surface area (Å²) in [7, 11) is 0. The van der Waals surface area contributed by atoms with Crippen LogP contribution >= 0.6 is 11.6 Å². The van der Waals surface area contributed by atoms with Gasteiger partial charge in [-0.1, -0.05) is 11.6 Å². The van der Waals surface area contributed by atoms with Crippen LogP contribution in [0.4, 0.5) is 24.5 Å². The van der Waals surface area contributed by atoms with Crippen molar-refractivity contribution < 1.29 is 41.7 Å². The Morgan fingerprint density at radius 2 is 1.41 bits per heavy atom. The Hall–Kier alpha value is -3.09. The molecule has 0 unspecified atom stereocenters. The van der Waals surface area contributed by atoms with Crippen LogP contribution < -0.4 is 15.8 Å². The molecule has 0 aliphatic carbocycles. The van der Waals surface area contributed by atoms with E-state index in [9.17, 15) is 18.0 Å². The normalized spacial score (nSPS) is 12.1. The summed E-state index contributed by atoms with van der Waals surface area (Å²) in [5.74, 6) is 1.09. The summed E-state index contributed by atoms with van der Waals surface area (Å²) in [6.07, 6.45) is 3.02. The lowest BCUT2D eigenvalue weighted by Crippen LogP contribution is -2.12. The van der Waals surface area contributed by atoms with Gasteiger partial charge < -0.3 is 39.5 Å². The molecule has 0 aromatic heterocycles. The molecule has 2 rings (SSSR count). The van der Waals surface area contributed by atoms with E-state index in [-0.39, 0.29) is 10.7 Å². The van der Waals surface area contributed by atoms with Crippen LogP contribution in [0.3, 0.4) is 0 Å². The van der Waals surface area contributed by atoms with Gasteiger partial charge in [0.2, 0.25) is 0 Å². The van der Waals surface area contributed by atoms with Gasteiger partial charge in [0.05, 0.1) is 56.8 Å². The van der Waals surface area contributed by atoms with Gasteiger partial charge in [-0.05, 0) is 73.7 Å². The minimum absolute atomic E-state index is 0.259. The summed E-state index contributed by atoms with van der Waals surface area (Å²) < 4.78 is 66.7. The van der Waals surface area contributed by atoms with E-state index in [2.05, 4.69) is 5.32 Å². The molecule has 3 N–H and O–H groups in total. The van der Waals surface area contributed by atoms with Gasteiger partial charge in [-0.3, -0.25) is 0 Å². The molecule has 2 aromatic rings. The first-order chi connectivity index (χ1) is 19.8. The van der Waals surface area contributed by atoms with E-state index >= 15 is 0 Å². The SMILES string of the molecule is N/C=C\C(=C/CCCOCCOCCOCCOCCC=O)Oc1ccc(Nc2ccc(Cl)c(C(F)(F)F)c2)cc1. The number of nitrogens with two attached hydrogens (primary N) is 1. The van der Waals surface area contributed by atoms with Crippen LogP contribution in [0.1, 0.15) is 24.8 Å². The van der Waals surface area contributed by atoms with Crippen LogP contribution in [0.15, 0.2) is 66.6 Å². The van der Waals surface area contributed by atoms with E-state index in [1.165, 1.54) is 18.3 Å². The molecule has 12 heteroatoms. The largest absolute Gasteiger partial charge is 0.458 e. The van der Waals surface area contributed by atoms with Crippen LogP contribution in [0, 0.1) is 0 Å². The number of allylic oxidation sites excluding steroid dienone is 2. The molecule has 0 fully saturated rings. The summed E-state index contributed by atoms with van der Waals surface area (Å²) in [5.41, 5.74) is 5.48. The number of carbonyl (C=O) groups is 1. The second-order valence-corrected chi connectivity index (χ2v) is 8.86. The van der Waals surface area contributed by atoms with Crippen molar-refractivity contribution in [2.45, 2.75) is 25.4 Å². The number of aldehydes is 1. The molecule has 0 amide bonds. The van der Waals surface area contributed by atoms with Gasteiger partial charge in [0.25, 0.3) is 0 Å². The van der Waals surface area contributed by atoms with E-state index in [0.717, 1.165) is 18.8 Å². The number of benzene rings is 2. The lowest BCUT2D eigenvalue weighted by atomic mass is 10.2. The van der Waals surface area contributed by atoms with E-state index in [0.29, 0.717) is 82.9 Å². The second kappa shape index (κ2) is 19.9. The average Bonchev–Trinajstić information content (AvgIpc) is 2.94. The fourth-order valence-corrected chi connectivity index (χ4v) is 3.52. The number of halogens is 4. The number of alkyl halides is 3. The third kappa shape index (κ3) is 14.9. The topological polar surface area (TPSA) is 101 Å². The highest BCUT2D eigenvalue weighted by Gasteiger charge is 2.33. The Morgan fingerprint density at radius 1 is 0.829 bits per heavy atom. The first-order valence-corrected chi connectivity index (χ1v) is 13.5. The smallest absolute Gasteiger partial charge is 0.417 e. The molecule has 226 valence electrons. The zero-order valence-corrected chi connectivity index (χ0v) is 23.4. The molecular formula is C29H36ClF3N2O6. The molecule has 0 aliphatic rings. The van der Waals surface area contributed by atoms with Crippen LogP contribution in [0.2, 0.25) is 5.02 Å². The molecule has 0 heterocycles. The van der Waals surface area contributed by atoms with Gasteiger partial charge in [-0.15, -0.1) is 0 Å². The van der Waals surface area contributed by atoms with Crippen molar-refractivity contribution in [1.29, 1.82) is 0 Å². The Bertz CT molecular complexity index is 1080. The molecule has 0 atom stereocenters. The molecule has 0 aliphatic heterocycles. The Kier molecular flexibility index (Phi) is 16.6. The van der Waals surface area contributed by atoms with Gasteiger partial charge in [-0.2, -0.15) is 13.2 Å². The number of carbonyl (C=O) groups excluding carboxylic acids is 1. The van der Waals surface area contributed by atoms with Crippen LogP contribution in [-0.2, 0) is 29.9 Å². The highest BCUT2D eigenvalue weighted by atomic mass is 35.5. The molecule has 0 radical (unpaired) electrons. The van der Waals surface area contributed by atoms with E-state index in [1.807, 2.05) is 6.08 Å². The summed E-state index contributed by atoms with van der Waals surface area (Å²) in [5, 5.41) is 2.57. The Balaban J connectivity index is 1.64.